The SMILES string of the molecule is COCCNC(=O)CC1=CSC2=NC(C)=C(C(=O)OCc3ccccc3)C(c3ccccc3C)N12. The lowest BCUT2D eigenvalue weighted by molar-refractivity contribution is -0.141. The van der Waals surface area contributed by atoms with Crippen LogP contribution in [0.15, 0.2) is 82.0 Å². The Morgan fingerprint density at radius 2 is 1.83 bits per heavy atom. The number of methoxy groups -OCH3 is 1. The summed E-state index contributed by atoms with van der Waals surface area (Å²) in [6.45, 7) is 4.92. The molecule has 8 heteroatoms. The van der Waals surface area contributed by atoms with E-state index in [1.165, 1.54) is 11.8 Å². The lowest BCUT2D eigenvalue weighted by Crippen LogP contribution is -2.38. The first-order valence-electron chi connectivity index (χ1n) is 11.5. The Kier molecular flexibility index (Phi) is 8.05. The highest BCUT2D eigenvalue weighted by Gasteiger charge is 2.41. The number of amidine groups is 1. The third kappa shape index (κ3) is 5.66. The average molecular weight is 492 g/mol. The van der Waals surface area contributed by atoms with Crippen molar-refractivity contribution in [3.05, 3.63) is 93.7 Å². The largest absolute Gasteiger partial charge is 0.457 e. The summed E-state index contributed by atoms with van der Waals surface area (Å²) in [6, 6.07) is 17.1. The number of nitrogens with one attached hydrogen (secondary N) is 1. The molecule has 35 heavy (non-hydrogen) atoms. The molecule has 0 aliphatic carbocycles. The van der Waals surface area contributed by atoms with Crippen molar-refractivity contribution in [3.8, 4) is 0 Å². The topological polar surface area (TPSA) is 80.2 Å². The third-order valence-electron chi connectivity index (χ3n) is 5.89. The van der Waals surface area contributed by atoms with Gasteiger partial charge in [0.05, 0.1) is 30.3 Å². The Bertz CT molecular complexity index is 1190. The van der Waals surface area contributed by atoms with Crippen molar-refractivity contribution in [3.63, 3.8) is 0 Å². The van der Waals surface area contributed by atoms with E-state index in [4.69, 9.17) is 14.5 Å². The summed E-state index contributed by atoms with van der Waals surface area (Å²) in [5.74, 6) is -0.527. The molecular formula is C27H29N3O4S. The molecule has 0 radical (unpaired) electrons. The zero-order valence-electron chi connectivity index (χ0n) is 20.1. The number of nitrogens with zero attached hydrogens (tertiary/aromatic N) is 2. The molecular weight excluding hydrogens is 462 g/mol. The van der Waals surface area contributed by atoms with Crippen molar-refractivity contribution >= 4 is 28.8 Å². The highest BCUT2D eigenvalue weighted by molar-refractivity contribution is 8.16. The molecule has 0 saturated heterocycles. The van der Waals surface area contributed by atoms with E-state index in [-0.39, 0.29) is 18.9 Å². The molecule has 1 amide bonds. The Labute approximate surface area is 209 Å². The molecule has 0 saturated carbocycles. The van der Waals surface area contributed by atoms with Gasteiger partial charge in [0.25, 0.3) is 0 Å². The van der Waals surface area contributed by atoms with Crippen LogP contribution in [0.4, 0.5) is 0 Å². The van der Waals surface area contributed by atoms with Gasteiger partial charge in [-0.25, -0.2) is 9.79 Å². The maximum atomic E-state index is 13.5. The number of ether oxygens (including phenoxy) is 2. The number of aliphatic imine (C=N–C) groups is 1. The van der Waals surface area contributed by atoms with Crippen LogP contribution in [-0.2, 0) is 25.7 Å². The summed E-state index contributed by atoms with van der Waals surface area (Å²) < 4.78 is 10.8. The van der Waals surface area contributed by atoms with Crippen LogP contribution in [0, 0.1) is 6.92 Å². The minimum atomic E-state index is -0.444. The Hall–Kier alpha value is -3.36. The first-order valence-corrected chi connectivity index (χ1v) is 12.3. The van der Waals surface area contributed by atoms with Gasteiger partial charge in [0.1, 0.15) is 6.61 Å². The molecule has 2 aromatic rings. The quantitative estimate of drug-likeness (QED) is 0.412. The number of amides is 1. The van der Waals surface area contributed by atoms with Crippen LogP contribution >= 0.6 is 11.8 Å². The van der Waals surface area contributed by atoms with Crippen molar-refractivity contribution < 1.29 is 19.1 Å². The Morgan fingerprint density at radius 3 is 2.57 bits per heavy atom. The van der Waals surface area contributed by atoms with Crippen molar-refractivity contribution in [1.29, 1.82) is 0 Å². The van der Waals surface area contributed by atoms with Crippen LogP contribution in [0.3, 0.4) is 0 Å². The number of carbonyl (C=O) groups excluding carboxylic acids is 2. The number of aryl methyl sites for hydroxylation is 1. The molecule has 2 aromatic carbocycles. The molecule has 0 bridgehead atoms. The number of hydrogen-bond acceptors (Lipinski definition) is 7. The number of carbonyl (C=O) groups is 2. The number of thioether (sulfide) groups is 1. The molecule has 182 valence electrons. The molecule has 2 aliphatic heterocycles. The normalized spacial score (nSPS) is 17.0. The van der Waals surface area contributed by atoms with Crippen LogP contribution in [0.1, 0.15) is 36.1 Å². The fraction of sp³-hybridized carbons (Fsp3) is 0.296. The monoisotopic (exact) mass is 491 g/mol. The lowest BCUT2D eigenvalue weighted by Gasteiger charge is -2.37. The van der Waals surface area contributed by atoms with Gasteiger partial charge in [-0.1, -0.05) is 66.4 Å². The van der Waals surface area contributed by atoms with E-state index in [0.29, 0.717) is 24.4 Å². The van der Waals surface area contributed by atoms with Crippen molar-refractivity contribution in [2.24, 2.45) is 4.99 Å². The van der Waals surface area contributed by atoms with Gasteiger partial charge < -0.3 is 19.7 Å². The first kappa shape index (κ1) is 24.8. The van der Waals surface area contributed by atoms with E-state index < -0.39 is 12.0 Å². The van der Waals surface area contributed by atoms with Gasteiger partial charge in [-0.3, -0.25) is 4.79 Å². The summed E-state index contributed by atoms with van der Waals surface area (Å²) in [5.41, 5.74) is 4.82. The number of fused-ring (bicyclic) bond motifs is 1. The summed E-state index contributed by atoms with van der Waals surface area (Å²) >= 11 is 1.46. The van der Waals surface area contributed by atoms with Crippen LogP contribution in [0.2, 0.25) is 0 Å². The summed E-state index contributed by atoms with van der Waals surface area (Å²) in [5, 5.41) is 5.55. The molecule has 1 atom stereocenters. The highest BCUT2D eigenvalue weighted by Crippen LogP contribution is 2.45. The summed E-state index contributed by atoms with van der Waals surface area (Å²) in [6.07, 6.45) is 0.170. The van der Waals surface area contributed by atoms with E-state index in [0.717, 1.165) is 27.6 Å². The number of hydrogen-bond donors (Lipinski definition) is 1. The summed E-state index contributed by atoms with van der Waals surface area (Å²) in [4.78, 5) is 32.8. The third-order valence-corrected chi connectivity index (χ3v) is 6.78. The van der Waals surface area contributed by atoms with Gasteiger partial charge in [0, 0.05) is 19.4 Å². The van der Waals surface area contributed by atoms with E-state index in [2.05, 4.69) is 5.32 Å². The van der Waals surface area contributed by atoms with Crippen LogP contribution < -0.4 is 5.32 Å². The standard InChI is InChI=1S/C27H29N3O4S/c1-18-9-7-8-12-22(18)25-24(26(32)34-16-20-10-5-4-6-11-20)19(2)29-27-30(25)21(17-35-27)15-23(31)28-13-14-33-3/h4-12,17,25H,13-16H2,1-3H3,(H,28,31). The maximum absolute atomic E-state index is 13.5. The zero-order chi connectivity index (χ0) is 24.8. The van der Waals surface area contributed by atoms with Gasteiger partial charge in [-0.2, -0.15) is 0 Å². The Balaban J connectivity index is 1.64. The molecule has 7 nitrogen and oxygen atoms in total. The fourth-order valence-corrected chi connectivity index (χ4v) is 5.10. The van der Waals surface area contributed by atoms with Gasteiger partial charge in [-0.05, 0) is 35.9 Å². The predicted molar refractivity (Wildman–Crippen MR) is 137 cm³/mol. The molecule has 0 spiro atoms. The molecule has 1 N–H and O–H groups in total. The number of esters is 1. The number of allylic oxidation sites excluding steroid dienone is 1. The minimum Gasteiger partial charge on any atom is -0.457 e. The zero-order valence-corrected chi connectivity index (χ0v) is 20.9. The van der Waals surface area contributed by atoms with Gasteiger partial charge in [-0.15, -0.1) is 0 Å². The fourth-order valence-electron chi connectivity index (χ4n) is 4.14. The van der Waals surface area contributed by atoms with E-state index in [1.54, 1.807) is 7.11 Å². The molecule has 0 fully saturated rings. The van der Waals surface area contributed by atoms with Crippen LogP contribution in [0.25, 0.3) is 0 Å². The molecule has 1 unspecified atom stereocenters. The second-order valence-electron chi connectivity index (χ2n) is 8.33. The average Bonchev–Trinajstić information content (AvgIpc) is 3.24. The predicted octanol–water partition coefficient (Wildman–Crippen LogP) is 4.47. The van der Waals surface area contributed by atoms with Gasteiger partial charge in [0.15, 0.2) is 5.17 Å². The van der Waals surface area contributed by atoms with E-state index >= 15 is 0 Å². The van der Waals surface area contributed by atoms with Gasteiger partial charge >= 0.3 is 5.97 Å². The minimum absolute atomic E-state index is 0.113. The van der Waals surface area contributed by atoms with Crippen molar-refractivity contribution in [2.45, 2.75) is 32.9 Å². The van der Waals surface area contributed by atoms with Crippen LogP contribution in [-0.4, -0.2) is 42.2 Å². The van der Waals surface area contributed by atoms with Gasteiger partial charge in [0.2, 0.25) is 5.91 Å². The van der Waals surface area contributed by atoms with Crippen molar-refractivity contribution in [1.82, 2.24) is 10.2 Å². The maximum Gasteiger partial charge on any atom is 0.338 e. The second-order valence-corrected chi connectivity index (χ2v) is 9.17. The van der Waals surface area contributed by atoms with Crippen LogP contribution in [0.5, 0.6) is 0 Å². The second kappa shape index (κ2) is 11.4. The Morgan fingerprint density at radius 1 is 1.09 bits per heavy atom. The number of rotatable bonds is 9. The molecule has 2 aliphatic rings. The molecule has 4 rings (SSSR count). The molecule has 2 heterocycles. The number of benzene rings is 2. The summed E-state index contributed by atoms with van der Waals surface area (Å²) in [7, 11) is 1.60. The highest BCUT2D eigenvalue weighted by atomic mass is 32.2. The van der Waals surface area contributed by atoms with Crippen molar-refractivity contribution in [2.75, 3.05) is 20.3 Å². The van der Waals surface area contributed by atoms with E-state index in [9.17, 15) is 9.59 Å². The lowest BCUT2D eigenvalue weighted by atomic mass is 9.91. The first-order chi connectivity index (χ1) is 17.0. The van der Waals surface area contributed by atoms with E-state index in [1.807, 2.05) is 78.8 Å². The molecule has 0 aromatic heterocycles. The smallest absolute Gasteiger partial charge is 0.338 e.